The molecule has 0 aromatic heterocycles. The summed E-state index contributed by atoms with van der Waals surface area (Å²) < 4.78 is 67.0. The van der Waals surface area contributed by atoms with Crippen LogP contribution in [0.25, 0.3) is 0 Å². The summed E-state index contributed by atoms with van der Waals surface area (Å²) in [5, 5.41) is -1.35. The van der Waals surface area contributed by atoms with Crippen LogP contribution in [0.1, 0.15) is 26.2 Å². The fraction of sp³-hybridized carbons (Fsp3) is 1.00. The molecule has 0 radical (unpaired) electrons. The summed E-state index contributed by atoms with van der Waals surface area (Å²) in [6, 6.07) is 0. The number of hydrogen-bond donors (Lipinski definition) is 0. The molecule has 0 rings (SSSR count). The van der Waals surface area contributed by atoms with Gasteiger partial charge in [0, 0.05) is 6.42 Å². The highest BCUT2D eigenvalue weighted by atomic mass is 32.3. The molecule has 0 aliphatic carbocycles. The lowest BCUT2D eigenvalue weighted by molar-refractivity contribution is -0.135. The van der Waals surface area contributed by atoms with Gasteiger partial charge in [-0.05, 0) is 19.8 Å². The Kier molecular flexibility index (Phi) is 4.15. The van der Waals surface area contributed by atoms with Gasteiger partial charge >= 0.3 is 16.4 Å². The quantitative estimate of drug-likeness (QED) is 0.540. The average Bonchev–Trinajstić information content (AvgIpc) is 1.82. The van der Waals surface area contributed by atoms with E-state index in [1.807, 2.05) is 0 Å². The number of rotatable bonds is 4. The van der Waals surface area contributed by atoms with Crippen LogP contribution >= 0.6 is 0 Å². The summed E-state index contributed by atoms with van der Waals surface area (Å²) in [5.74, 6) is 0. The van der Waals surface area contributed by atoms with Crippen molar-refractivity contribution in [2.45, 2.75) is 37.6 Å². The molecule has 0 N–H and O–H groups in total. The molecular formula is C6H10F4O2S. The van der Waals surface area contributed by atoms with Crippen LogP contribution in [0.4, 0.5) is 17.1 Å². The van der Waals surface area contributed by atoms with Crippen LogP contribution in [0.15, 0.2) is 0 Å². The standard InChI is InChI=1S/C6H10F4O2S/c1-5(13(10,11)12)3-2-4-6(7,8)9/h5H,2-4H2,1H3. The first-order valence-electron chi connectivity index (χ1n) is 3.63. The molecule has 7 heteroatoms. The lowest BCUT2D eigenvalue weighted by Crippen LogP contribution is -2.14. The van der Waals surface area contributed by atoms with Gasteiger partial charge in [-0.15, -0.1) is 3.89 Å². The summed E-state index contributed by atoms with van der Waals surface area (Å²) in [6.45, 7) is 1.05. The highest BCUT2D eigenvalue weighted by Gasteiger charge is 2.28. The zero-order valence-corrected chi connectivity index (χ0v) is 7.75. The van der Waals surface area contributed by atoms with Crippen LogP contribution in [0.2, 0.25) is 0 Å². The van der Waals surface area contributed by atoms with Crippen molar-refractivity contribution in [3.05, 3.63) is 0 Å². The smallest absolute Gasteiger partial charge is 0.195 e. The lowest BCUT2D eigenvalue weighted by Gasteiger charge is -2.08. The molecule has 0 aromatic rings. The van der Waals surface area contributed by atoms with Crippen LogP contribution < -0.4 is 0 Å². The van der Waals surface area contributed by atoms with Crippen molar-refractivity contribution in [1.29, 1.82) is 0 Å². The number of alkyl halides is 3. The Morgan fingerprint density at radius 1 is 1.31 bits per heavy atom. The van der Waals surface area contributed by atoms with Crippen LogP contribution in [0, 0.1) is 0 Å². The third-order valence-electron chi connectivity index (χ3n) is 1.55. The Morgan fingerprint density at radius 2 is 1.77 bits per heavy atom. The van der Waals surface area contributed by atoms with E-state index in [4.69, 9.17) is 0 Å². The molecule has 1 atom stereocenters. The largest absolute Gasteiger partial charge is 0.389 e. The van der Waals surface area contributed by atoms with Gasteiger partial charge in [0.05, 0.1) is 5.25 Å². The molecule has 0 heterocycles. The minimum Gasteiger partial charge on any atom is -0.195 e. The zero-order chi connectivity index (χ0) is 10.7. The minimum absolute atomic E-state index is 0.307. The minimum atomic E-state index is -4.69. The third-order valence-corrected chi connectivity index (χ3v) is 2.75. The maximum Gasteiger partial charge on any atom is 0.389 e. The molecule has 0 amide bonds. The van der Waals surface area contributed by atoms with Gasteiger partial charge in [0.25, 0.3) is 0 Å². The summed E-state index contributed by atoms with van der Waals surface area (Å²) in [5.41, 5.74) is 0. The predicted molar refractivity (Wildman–Crippen MR) is 39.4 cm³/mol. The first kappa shape index (κ1) is 12.7. The Balaban J connectivity index is 3.80. The van der Waals surface area contributed by atoms with Crippen molar-refractivity contribution < 1.29 is 25.5 Å². The van der Waals surface area contributed by atoms with Gasteiger partial charge in [-0.3, -0.25) is 0 Å². The van der Waals surface area contributed by atoms with Gasteiger partial charge in [-0.25, -0.2) is 0 Å². The van der Waals surface area contributed by atoms with Gasteiger partial charge < -0.3 is 0 Å². The van der Waals surface area contributed by atoms with Crippen LogP contribution in [0.5, 0.6) is 0 Å². The Labute approximate surface area is 74.1 Å². The Morgan fingerprint density at radius 3 is 2.08 bits per heavy atom. The molecular weight excluding hydrogens is 212 g/mol. The molecule has 13 heavy (non-hydrogen) atoms. The summed E-state index contributed by atoms with van der Waals surface area (Å²) in [4.78, 5) is 0. The van der Waals surface area contributed by atoms with E-state index >= 15 is 0 Å². The van der Waals surface area contributed by atoms with Crippen molar-refractivity contribution in [2.75, 3.05) is 0 Å². The van der Waals surface area contributed by atoms with E-state index in [1.165, 1.54) is 0 Å². The van der Waals surface area contributed by atoms with Gasteiger partial charge in [0.1, 0.15) is 0 Å². The molecule has 0 aliphatic heterocycles. The van der Waals surface area contributed by atoms with Crippen molar-refractivity contribution in [3.63, 3.8) is 0 Å². The zero-order valence-electron chi connectivity index (χ0n) is 6.94. The highest BCUT2D eigenvalue weighted by Crippen LogP contribution is 2.23. The first-order chi connectivity index (χ1) is 5.63. The van der Waals surface area contributed by atoms with Crippen LogP contribution in [-0.2, 0) is 10.2 Å². The van der Waals surface area contributed by atoms with Crippen molar-refractivity contribution in [3.8, 4) is 0 Å². The third kappa shape index (κ3) is 6.80. The van der Waals surface area contributed by atoms with Gasteiger partial charge in [-0.2, -0.15) is 21.6 Å². The monoisotopic (exact) mass is 222 g/mol. The van der Waals surface area contributed by atoms with E-state index in [2.05, 4.69) is 0 Å². The molecule has 0 spiro atoms. The summed E-state index contributed by atoms with van der Waals surface area (Å²) >= 11 is 0. The fourth-order valence-corrected chi connectivity index (χ4v) is 1.18. The van der Waals surface area contributed by atoms with E-state index in [0.29, 0.717) is 0 Å². The number of halogens is 4. The second kappa shape index (κ2) is 4.26. The Bertz CT molecular complexity index is 244. The molecule has 0 bridgehead atoms. The maximum absolute atomic E-state index is 12.1. The molecule has 2 nitrogen and oxygen atoms in total. The SMILES string of the molecule is CC(CCCC(F)(F)F)S(=O)(=O)F. The second-order valence-electron chi connectivity index (χ2n) is 2.79. The number of hydrogen-bond acceptors (Lipinski definition) is 2. The van der Waals surface area contributed by atoms with Crippen molar-refractivity contribution >= 4 is 10.2 Å². The topological polar surface area (TPSA) is 34.1 Å². The molecule has 0 fully saturated rings. The van der Waals surface area contributed by atoms with E-state index in [9.17, 15) is 25.5 Å². The fourth-order valence-electron chi connectivity index (χ4n) is 0.731. The predicted octanol–water partition coefficient (Wildman–Crippen LogP) is 2.41. The Hall–Kier alpha value is -0.330. The maximum atomic E-state index is 12.1. The average molecular weight is 222 g/mol. The van der Waals surface area contributed by atoms with E-state index in [-0.39, 0.29) is 12.8 Å². The highest BCUT2D eigenvalue weighted by molar-refractivity contribution is 7.86. The normalized spacial score (nSPS) is 15.8. The van der Waals surface area contributed by atoms with Crippen molar-refractivity contribution in [2.24, 2.45) is 0 Å². The molecule has 0 saturated carbocycles. The van der Waals surface area contributed by atoms with Gasteiger partial charge in [-0.1, -0.05) is 0 Å². The molecule has 0 aliphatic rings. The second-order valence-corrected chi connectivity index (χ2v) is 4.55. The van der Waals surface area contributed by atoms with E-state index in [0.717, 1.165) is 6.92 Å². The lowest BCUT2D eigenvalue weighted by atomic mass is 10.2. The molecule has 80 valence electrons. The van der Waals surface area contributed by atoms with Crippen molar-refractivity contribution in [1.82, 2.24) is 0 Å². The molecule has 0 saturated heterocycles. The first-order valence-corrected chi connectivity index (χ1v) is 5.08. The summed E-state index contributed by atoms with van der Waals surface area (Å²) in [6.07, 6.45) is -6.06. The van der Waals surface area contributed by atoms with E-state index in [1.54, 1.807) is 0 Å². The van der Waals surface area contributed by atoms with Gasteiger partial charge in [0.2, 0.25) is 0 Å². The van der Waals surface area contributed by atoms with Crippen LogP contribution in [0.3, 0.4) is 0 Å². The van der Waals surface area contributed by atoms with Gasteiger partial charge in [0.15, 0.2) is 0 Å². The molecule has 0 aromatic carbocycles. The summed E-state index contributed by atoms with van der Waals surface area (Å²) in [7, 11) is -4.69. The molecule has 1 unspecified atom stereocenters. The van der Waals surface area contributed by atoms with Crippen LogP contribution in [-0.4, -0.2) is 19.8 Å². The van der Waals surface area contributed by atoms with E-state index < -0.39 is 28.1 Å².